The number of ether oxygens (including phenoxy) is 1. The number of phenolic OH excluding ortho intramolecular Hbond substituents is 1. The van der Waals surface area contributed by atoms with Crippen molar-refractivity contribution in [2.75, 3.05) is 6.61 Å². The van der Waals surface area contributed by atoms with E-state index in [1.807, 2.05) is 13.0 Å². The van der Waals surface area contributed by atoms with Crippen molar-refractivity contribution in [2.24, 2.45) is 0 Å². The van der Waals surface area contributed by atoms with Gasteiger partial charge in [-0.2, -0.15) is 0 Å². The molecule has 2 heteroatoms. The molecule has 0 bridgehead atoms. The summed E-state index contributed by atoms with van der Waals surface area (Å²) in [6, 6.07) is 8.14. The Morgan fingerprint density at radius 2 is 1.85 bits per heavy atom. The van der Waals surface area contributed by atoms with Crippen LogP contribution in [0.3, 0.4) is 0 Å². The molecule has 3 rings (SSSR count). The van der Waals surface area contributed by atoms with Crippen LogP contribution < -0.4 is 4.74 Å². The van der Waals surface area contributed by atoms with Crippen molar-refractivity contribution in [1.29, 1.82) is 0 Å². The summed E-state index contributed by atoms with van der Waals surface area (Å²) in [6.45, 7) is 6.92. The first kappa shape index (κ1) is 13.0. The molecule has 0 amide bonds. The monoisotopic (exact) mass is 268 g/mol. The van der Waals surface area contributed by atoms with Crippen molar-refractivity contribution in [1.82, 2.24) is 0 Å². The van der Waals surface area contributed by atoms with Gasteiger partial charge in [0.15, 0.2) is 0 Å². The molecule has 2 nitrogen and oxygen atoms in total. The number of aryl methyl sites for hydroxylation is 3. The van der Waals surface area contributed by atoms with E-state index in [9.17, 15) is 5.11 Å². The second-order valence-electron chi connectivity index (χ2n) is 5.67. The minimum absolute atomic E-state index is 0.360. The van der Waals surface area contributed by atoms with Crippen molar-refractivity contribution >= 4 is 0 Å². The Kier molecular flexibility index (Phi) is 3.17. The van der Waals surface area contributed by atoms with E-state index in [0.29, 0.717) is 5.75 Å². The van der Waals surface area contributed by atoms with E-state index < -0.39 is 0 Å². The average Bonchev–Trinajstić information content (AvgIpc) is 2.40. The zero-order valence-corrected chi connectivity index (χ0v) is 12.3. The average molecular weight is 268 g/mol. The van der Waals surface area contributed by atoms with Gasteiger partial charge in [-0.3, -0.25) is 0 Å². The van der Waals surface area contributed by atoms with E-state index in [2.05, 4.69) is 32.0 Å². The molecule has 1 N–H and O–H groups in total. The molecule has 0 spiro atoms. The van der Waals surface area contributed by atoms with Crippen LogP contribution in [-0.4, -0.2) is 11.7 Å². The summed E-state index contributed by atoms with van der Waals surface area (Å²) in [6.07, 6.45) is 2.05. The molecule has 0 fully saturated rings. The Hall–Kier alpha value is -1.96. The molecule has 1 aliphatic heterocycles. The molecule has 0 atom stereocenters. The molecule has 2 aromatic rings. The SMILES string of the molecule is Cc1cc(C)c(-c2ccc(C)c3c2CCCO3)c(O)c1. The maximum absolute atomic E-state index is 10.4. The first-order valence-electron chi connectivity index (χ1n) is 7.14. The molecule has 0 saturated heterocycles. The summed E-state index contributed by atoms with van der Waals surface area (Å²) < 4.78 is 5.84. The number of benzene rings is 2. The number of fused-ring (bicyclic) bond motifs is 1. The summed E-state index contributed by atoms with van der Waals surface area (Å²) >= 11 is 0. The molecule has 104 valence electrons. The highest BCUT2D eigenvalue weighted by molar-refractivity contribution is 5.79. The Balaban J connectivity index is 2.26. The molecule has 0 aromatic heterocycles. The Morgan fingerprint density at radius 3 is 2.60 bits per heavy atom. The third-order valence-corrected chi connectivity index (χ3v) is 4.00. The minimum atomic E-state index is 0.360. The molecule has 1 aliphatic rings. The Labute approximate surface area is 120 Å². The second kappa shape index (κ2) is 4.86. The van der Waals surface area contributed by atoms with E-state index in [-0.39, 0.29) is 0 Å². The number of hydrogen-bond acceptors (Lipinski definition) is 2. The van der Waals surface area contributed by atoms with E-state index in [0.717, 1.165) is 47.5 Å². The van der Waals surface area contributed by atoms with Crippen LogP contribution in [0.25, 0.3) is 11.1 Å². The van der Waals surface area contributed by atoms with Gasteiger partial charge < -0.3 is 9.84 Å². The van der Waals surface area contributed by atoms with Gasteiger partial charge in [-0.25, -0.2) is 0 Å². The van der Waals surface area contributed by atoms with Crippen molar-refractivity contribution < 1.29 is 9.84 Å². The number of hydrogen-bond donors (Lipinski definition) is 1. The van der Waals surface area contributed by atoms with Crippen LogP contribution in [-0.2, 0) is 6.42 Å². The minimum Gasteiger partial charge on any atom is -0.507 e. The molecule has 0 radical (unpaired) electrons. The van der Waals surface area contributed by atoms with Gasteiger partial charge in [-0.05, 0) is 61.9 Å². The molecular weight excluding hydrogens is 248 g/mol. The summed E-state index contributed by atoms with van der Waals surface area (Å²) in [4.78, 5) is 0. The molecule has 20 heavy (non-hydrogen) atoms. The lowest BCUT2D eigenvalue weighted by molar-refractivity contribution is 0.286. The molecule has 1 heterocycles. The van der Waals surface area contributed by atoms with Crippen molar-refractivity contribution in [3.05, 3.63) is 46.5 Å². The normalized spacial score (nSPS) is 13.8. The predicted molar refractivity (Wildman–Crippen MR) is 81.6 cm³/mol. The summed E-state index contributed by atoms with van der Waals surface area (Å²) in [5.74, 6) is 1.37. The maximum Gasteiger partial charge on any atom is 0.126 e. The van der Waals surface area contributed by atoms with Gasteiger partial charge in [0.25, 0.3) is 0 Å². The Morgan fingerprint density at radius 1 is 1.05 bits per heavy atom. The van der Waals surface area contributed by atoms with Crippen LogP contribution in [0.2, 0.25) is 0 Å². The van der Waals surface area contributed by atoms with Crippen molar-refractivity contribution in [3.8, 4) is 22.6 Å². The topological polar surface area (TPSA) is 29.5 Å². The summed E-state index contributed by atoms with van der Waals surface area (Å²) in [5.41, 5.74) is 6.66. The number of rotatable bonds is 1. The number of phenols is 1. The van der Waals surface area contributed by atoms with E-state index in [1.165, 1.54) is 11.1 Å². The maximum atomic E-state index is 10.4. The fraction of sp³-hybridized carbons (Fsp3) is 0.333. The zero-order chi connectivity index (χ0) is 14.3. The number of aromatic hydroxyl groups is 1. The standard InChI is InChI=1S/C18H20O2/c1-11-9-13(3)17(16(19)10-11)14-7-6-12(2)18-15(14)5-4-8-20-18/h6-7,9-10,19H,4-5,8H2,1-3H3. The first-order chi connectivity index (χ1) is 9.58. The summed E-state index contributed by atoms with van der Waals surface area (Å²) in [5, 5.41) is 10.4. The van der Waals surface area contributed by atoms with E-state index in [4.69, 9.17) is 4.74 Å². The molecule has 0 unspecified atom stereocenters. The van der Waals surface area contributed by atoms with Crippen LogP contribution in [0.15, 0.2) is 24.3 Å². The zero-order valence-electron chi connectivity index (χ0n) is 12.3. The van der Waals surface area contributed by atoms with Gasteiger partial charge in [0.1, 0.15) is 11.5 Å². The quantitative estimate of drug-likeness (QED) is 0.835. The smallest absolute Gasteiger partial charge is 0.126 e. The Bertz CT molecular complexity index is 648. The fourth-order valence-electron chi connectivity index (χ4n) is 3.15. The second-order valence-corrected chi connectivity index (χ2v) is 5.67. The predicted octanol–water partition coefficient (Wildman–Crippen LogP) is 4.31. The van der Waals surface area contributed by atoms with E-state index >= 15 is 0 Å². The van der Waals surface area contributed by atoms with Crippen LogP contribution in [0.5, 0.6) is 11.5 Å². The van der Waals surface area contributed by atoms with Gasteiger partial charge >= 0.3 is 0 Å². The summed E-state index contributed by atoms with van der Waals surface area (Å²) in [7, 11) is 0. The molecule has 0 saturated carbocycles. The highest BCUT2D eigenvalue weighted by atomic mass is 16.5. The van der Waals surface area contributed by atoms with Crippen LogP contribution in [0, 0.1) is 20.8 Å². The lowest BCUT2D eigenvalue weighted by atomic mass is 9.89. The third kappa shape index (κ3) is 2.05. The van der Waals surface area contributed by atoms with Gasteiger partial charge in [-0.15, -0.1) is 0 Å². The molecular formula is C18H20O2. The molecule has 2 aromatic carbocycles. The van der Waals surface area contributed by atoms with E-state index in [1.54, 1.807) is 0 Å². The van der Waals surface area contributed by atoms with Crippen LogP contribution in [0.1, 0.15) is 28.7 Å². The third-order valence-electron chi connectivity index (χ3n) is 4.00. The van der Waals surface area contributed by atoms with Gasteiger partial charge in [0, 0.05) is 11.1 Å². The van der Waals surface area contributed by atoms with Crippen LogP contribution in [0.4, 0.5) is 0 Å². The van der Waals surface area contributed by atoms with Gasteiger partial charge in [0.2, 0.25) is 0 Å². The van der Waals surface area contributed by atoms with Gasteiger partial charge in [0.05, 0.1) is 6.61 Å². The highest BCUT2D eigenvalue weighted by Gasteiger charge is 2.20. The lowest BCUT2D eigenvalue weighted by Gasteiger charge is -2.23. The lowest BCUT2D eigenvalue weighted by Crippen LogP contribution is -2.11. The van der Waals surface area contributed by atoms with Crippen molar-refractivity contribution in [2.45, 2.75) is 33.6 Å². The fourth-order valence-corrected chi connectivity index (χ4v) is 3.15. The molecule has 0 aliphatic carbocycles. The van der Waals surface area contributed by atoms with Crippen molar-refractivity contribution in [3.63, 3.8) is 0 Å². The van der Waals surface area contributed by atoms with Gasteiger partial charge in [-0.1, -0.05) is 18.2 Å². The van der Waals surface area contributed by atoms with Crippen LogP contribution >= 0.6 is 0 Å². The highest BCUT2D eigenvalue weighted by Crippen LogP contribution is 2.41. The largest absolute Gasteiger partial charge is 0.507 e. The first-order valence-corrected chi connectivity index (χ1v) is 7.14.